The molecular formula is C23H28N4O3. The van der Waals surface area contributed by atoms with E-state index in [4.69, 9.17) is 5.73 Å². The summed E-state index contributed by atoms with van der Waals surface area (Å²) in [6.45, 7) is 5.91. The van der Waals surface area contributed by atoms with Crippen LogP contribution in [-0.2, 0) is 15.0 Å². The molecule has 0 saturated carbocycles. The highest BCUT2D eigenvalue weighted by molar-refractivity contribution is 5.96. The molecule has 7 heteroatoms. The van der Waals surface area contributed by atoms with Gasteiger partial charge >= 0.3 is 6.03 Å². The Morgan fingerprint density at radius 3 is 1.97 bits per heavy atom. The number of rotatable bonds is 5. The van der Waals surface area contributed by atoms with Gasteiger partial charge in [-0.05, 0) is 25.0 Å². The van der Waals surface area contributed by atoms with E-state index in [0.717, 1.165) is 11.1 Å². The van der Waals surface area contributed by atoms with E-state index in [0.29, 0.717) is 26.2 Å². The largest absolute Gasteiger partial charge is 0.351 e. The van der Waals surface area contributed by atoms with Crippen LogP contribution in [-0.4, -0.2) is 53.8 Å². The molecule has 1 saturated heterocycles. The molecule has 0 spiro atoms. The second-order valence-corrected chi connectivity index (χ2v) is 7.99. The first-order valence-corrected chi connectivity index (χ1v) is 10.0. The van der Waals surface area contributed by atoms with Crippen LogP contribution in [0.1, 0.15) is 31.0 Å². The summed E-state index contributed by atoms with van der Waals surface area (Å²) in [4.78, 5) is 40.9. The van der Waals surface area contributed by atoms with Crippen LogP contribution in [0.25, 0.3) is 0 Å². The Morgan fingerprint density at radius 1 is 0.900 bits per heavy atom. The van der Waals surface area contributed by atoms with Crippen LogP contribution in [0.3, 0.4) is 0 Å². The average molecular weight is 409 g/mol. The monoisotopic (exact) mass is 408 g/mol. The van der Waals surface area contributed by atoms with E-state index in [9.17, 15) is 14.4 Å². The van der Waals surface area contributed by atoms with Gasteiger partial charge in [-0.1, -0.05) is 60.7 Å². The number of hydrogen-bond acceptors (Lipinski definition) is 4. The number of nitrogens with zero attached hydrogens (tertiary/aromatic N) is 2. The standard InChI is InChI=1S/C23H28N4O3/c1-23(2,18-11-7-4-8-12-18)21(29)27-15-13-26(14-16-27)19(20(28)25-22(24)30)17-9-5-3-6-10-17/h3-12,19H,13-16H2,1-2H3,(H3,24,25,28,30). The van der Waals surface area contributed by atoms with E-state index in [-0.39, 0.29) is 5.91 Å². The zero-order chi connectivity index (χ0) is 21.7. The summed E-state index contributed by atoms with van der Waals surface area (Å²) in [5.41, 5.74) is 6.28. The van der Waals surface area contributed by atoms with Gasteiger partial charge in [0.15, 0.2) is 0 Å². The third kappa shape index (κ3) is 4.68. The molecule has 3 rings (SSSR count). The van der Waals surface area contributed by atoms with E-state index < -0.39 is 23.4 Å². The highest BCUT2D eigenvalue weighted by Crippen LogP contribution is 2.28. The maximum atomic E-state index is 13.2. The van der Waals surface area contributed by atoms with Gasteiger partial charge in [0.25, 0.3) is 0 Å². The van der Waals surface area contributed by atoms with Crippen LogP contribution >= 0.6 is 0 Å². The Hall–Kier alpha value is -3.19. The predicted octanol–water partition coefficient (Wildman–Crippen LogP) is 2.04. The molecule has 0 aromatic heterocycles. The van der Waals surface area contributed by atoms with Crippen molar-refractivity contribution in [2.24, 2.45) is 5.73 Å². The first-order chi connectivity index (χ1) is 14.3. The predicted molar refractivity (Wildman–Crippen MR) is 115 cm³/mol. The number of nitrogens with one attached hydrogen (secondary N) is 1. The molecule has 2 aromatic carbocycles. The minimum absolute atomic E-state index is 0.0613. The van der Waals surface area contributed by atoms with Gasteiger partial charge in [0.2, 0.25) is 11.8 Å². The molecule has 1 unspecified atom stereocenters. The first kappa shape index (κ1) is 21.5. The fourth-order valence-corrected chi connectivity index (χ4v) is 3.91. The molecule has 2 aromatic rings. The van der Waals surface area contributed by atoms with Gasteiger partial charge in [-0.3, -0.25) is 19.8 Å². The van der Waals surface area contributed by atoms with Gasteiger partial charge < -0.3 is 10.6 Å². The second-order valence-electron chi connectivity index (χ2n) is 7.99. The SMILES string of the molecule is CC(C)(C(=O)N1CCN(C(C(=O)NC(N)=O)c2ccccc2)CC1)c1ccccc1. The lowest BCUT2D eigenvalue weighted by molar-refractivity contribution is -0.139. The van der Waals surface area contributed by atoms with Gasteiger partial charge in [0.1, 0.15) is 6.04 Å². The lowest BCUT2D eigenvalue weighted by Crippen LogP contribution is -2.55. The van der Waals surface area contributed by atoms with Crippen LogP contribution in [0, 0.1) is 0 Å². The van der Waals surface area contributed by atoms with Crippen LogP contribution in [0.5, 0.6) is 0 Å². The number of carbonyl (C=O) groups is 3. The highest BCUT2D eigenvalue weighted by Gasteiger charge is 2.37. The molecule has 3 N–H and O–H groups in total. The molecule has 0 radical (unpaired) electrons. The third-order valence-corrected chi connectivity index (χ3v) is 5.61. The fourth-order valence-electron chi connectivity index (χ4n) is 3.91. The Bertz CT molecular complexity index is 891. The van der Waals surface area contributed by atoms with Crippen molar-refractivity contribution in [2.75, 3.05) is 26.2 Å². The van der Waals surface area contributed by atoms with Gasteiger partial charge in [-0.25, -0.2) is 4.79 Å². The van der Waals surface area contributed by atoms with Gasteiger partial charge in [0.05, 0.1) is 5.41 Å². The number of benzene rings is 2. The first-order valence-electron chi connectivity index (χ1n) is 10.0. The van der Waals surface area contributed by atoms with E-state index >= 15 is 0 Å². The van der Waals surface area contributed by atoms with Gasteiger partial charge in [0, 0.05) is 26.2 Å². The number of carbonyl (C=O) groups excluding carboxylic acids is 3. The smallest absolute Gasteiger partial charge is 0.318 e. The molecule has 1 fully saturated rings. The number of piperazine rings is 1. The minimum atomic E-state index is -0.876. The Kier molecular flexibility index (Phi) is 6.52. The number of urea groups is 1. The number of imide groups is 1. The summed E-state index contributed by atoms with van der Waals surface area (Å²) >= 11 is 0. The zero-order valence-corrected chi connectivity index (χ0v) is 17.4. The van der Waals surface area contributed by atoms with Crippen molar-refractivity contribution in [3.63, 3.8) is 0 Å². The summed E-state index contributed by atoms with van der Waals surface area (Å²) in [5, 5.41) is 2.20. The number of nitrogens with two attached hydrogens (primary N) is 1. The highest BCUT2D eigenvalue weighted by atomic mass is 16.2. The third-order valence-electron chi connectivity index (χ3n) is 5.61. The Labute approximate surface area is 176 Å². The molecule has 4 amide bonds. The fraction of sp³-hybridized carbons (Fsp3) is 0.348. The molecule has 1 aliphatic rings. The summed E-state index contributed by atoms with van der Waals surface area (Å²) in [7, 11) is 0. The lowest BCUT2D eigenvalue weighted by Gasteiger charge is -2.41. The van der Waals surface area contributed by atoms with E-state index in [2.05, 4.69) is 5.32 Å². The Balaban J connectivity index is 1.73. The van der Waals surface area contributed by atoms with Gasteiger partial charge in [-0.2, -0.15) is 0 Å². The molecule has 7 nitrogen and oxygen atoms in total. The van der Waals surface area contributed by atoms with Crippen molar-refractivity contribution in [1.82, 2.24) is 15.1 Å². The maximum Gasteiger partial charge on any atom is 0.318 e. The Morgan fingerprint density at radius 2 is 1.43 bits per heavy atom. The van der Waals surface area contributed by atoms with Crippen molar-refractivity contribution < 1.29 is 14.4 Å². The average Bonchev–Trinajstić information content (AvgIpc) is 2.75. The second kappa shape index (κ2) is 9.09. The molecule has 0 bridgehead atoms. The van der Waals surface area contributed by atoms with Crippen LogP contribution < -0.4 is 11.1 Å². The molecule has 1 heterocycles. The summed E-state index contributed by atoms with van der Waals surface area (Å²) in [6, 6.07) is 17.5. The van der Waals surface area contributed by atoms with Gasteiger partial charge in [-0.15, -0.1) is 0 Å². The van der Waals surface area contributed by atoms with E-state index in [1.54, 1.807) is 0 Å². The van der Waals surface area contributed by atoms with Crippen molar-refractivity contribution >= 4 is 17.8 Å². The maximum absolute atomic E-state index is 13.2. The number of amides is 4. The summed E-state index contributed by atoms with van der Waals surface area (Å²) in [6.07, 6.45) is 0. The lowest BCUT2D eigenvalue weighted by atomic mass is 9.83. The molecule has 1 atom stereocenters. The van der Waals surface area contributed by atoms with Crippen molar-refractivity contribution in [3.8, 4) is 0 Å². The minimum Gasteiger partial charge on any atom is -0.351 e. The summed E-state index contributed by atoms with van der Waals surface area (Å²) in [5.74, 6) is -0.399. The van der Waals surface area contributed by atoms with Crippen LogP contribution in [0.15, 0.2) is 60.7 Å². The molecule has 30 heavy (non-hydrogen) atoms. The van der Waals surface area contributed by atoms with Crippen LogP contribution in [0.2, 0.25) is 0 Å². The zero-order valence-electron chi connectivity index (χ0n) is 17.4. The van der Waals surface area contributed by atoms with Crippen molar-refractivity contribution in [1.29, 1.82) is 0 Å². The quantitative estimate of drug-likeness (QED) is 0.791. The normalized spacial score (nSPS) is 16.0. The number of primary amides is 1. The van der Waals surface area contributed by atoms with Crippen LogP contribution in [0.4, 0.5) is 4.79 Å². The molecule has 0 aliphatic carbocycles. The molecule has 1 aliphatic heterocycles. The number of hydrogen-bond donors (Lipinski definition) is 2. The van der Waals surface area contributed by atoms with Crippen molar-refractivity contribution in [3.05, 3.63) is 71.8 Å². The van der Waals surface area contributed by atoms with E-state index in [1.807, 2.05) is 84.3 Å². The molecule has 158 valence electrons. The molecular weight excluding hydrogens is 380 g/mol. The van der Waals surface area contributed by atoms with E-state index in [1.165, 1.54) is 0 Å². The topological polar surface area (TPSA) is 95.7 Å². The summed E-state index contributed by atoms with van der Waals surface area (Å²) < 4.78 is 0. The van der Waals surface area contributed by atoms with Crippen molar-refractivity contribution in [2.45, 2.75) is 25.3 Å².